The summed E-state index contributed by atoms with van der Waals surface area (Å²) in [5.41, 5.74) is 6.12. The van der Waals surface area contributed by atoms with Gasteiger partial charge >= 0.3 is 0 Å². The molecule has 0 heterocycles. The molecule has 0 aromatic heterocycles. The smallest absolute Gasteiger partial charge is 0.255 e. The molecular formula is C23H22N2O2. The van der Waals surface area contributed by atoms with Gasteiger partial charge in [-0.3, -0.25) is 9.59 Å². The second-order valence-corrected chi connectivity index (χ2v) is 6.59. The Morgan fingerprint density at radius 3 is 1.74 bits per heavy atom. The van der Waals surface area contributed by atoms with Gasteiger partial charge in [-0.2, -0.15) is 0 Å². The second kappa shape index (κ2) is 7.87. The van der Waals surface area contributed by atoms with Crippen LogP contribution < -0.4 is 10.6 Å². The molecule has 0 saturated heterocycles. The van der Waals surface area contributed by atoms with Gasteiger partial charge < -0.3 is 10.6 Å². The monoisotopic (exact) mass is 358 g/mol. The van der Waals surface area contributed by atoms with Crippen molar-refractivity contribution in [2.45, 2.75) is 20.8 Å². The molecule has 27 heavy (non-hydrogen) atoms. The molecule has 0 radical (unpaired) electrons. The quantitative estimate of drug-likeness (QED) is 0.592. The lowest BCUT2D eigenvalue weighted by Gasteiger charge is -2.10. The van der Waals surface area contributed by atoms with Gasteiger partial charge in [-0.15, -0.1) is 0 Å². The first-order valence-electron chi connectivity index (χ1n) is 8.79. The maximum absolute atomic E-state index is 12.4. The number of hydrogen-bond donors (Lipinski definition) is 2. The molecule has 0 aliphatic heterocycles. The van der Waals surface area contributed by atoms with E-state index in [9.17, 15) is 9.59 Å². The minimum absolute atomic E-state index is 0.0467. The fraction of sp³-hybridized carbons (Fsp3) is 0.130. The number of Topliss-reactive ketones (excluding diaryl/α,β-unsaturated/α-hetero) is 1. The number of ketones is 1. The van der Waals surface area contributed by atoms with Crippen molar-refractivity contribution >= 4 is 28.8 Å². The number of aryl methyl sites for hydroxylation is 2. The molecule has 0 aliphatic rings. The first kappa shape index (κ1) is 18.4. The van der Waals surface area contributed by atoms with Gasteiger partial charge in [0.25, 0.3) is 5.91 Å². The van der Waals surface area contributed by atoms with E-state index in [-0.39, 0.29) is 11.7 Å². The van der Waals surface area contributed by atoms with Crippen molar-refractivity contribution in [2.24, 2.45) is 0 Å². The standard InChI is InChI=1S/C23H22N2O2/c1-15-4-5-19(14-16(15)2)23(27)25-22-12-10-21(11-13-22)24-20-8-6-18(7-9-20)17(3)26/h4-14,24H,1-3H3,(H,25,27). The molecule has 0 spiro atoms. The average molecular weight is 358 g/mol. The lowest BCUT2D eigenvalue weighted by molar-refractivity contribution is 0.101. The molecule has 3 aromatic rings. The Hall–Kier alpha value is -3.40. The summed E-state index contributed by atoms with van der Waals surface area (Å²) in [7, 11) is 0. The molecule has 0 atom stereocenters. The highest BCUT2D eigenvalue weighted by Gasteiger charge is 2.07. The van der Waals surface area contributed by atoms with Gasteiger partial charge in [0.1, 0.15) is 0 Å². The molecule has 3 aromatic carbocycles. The van der Waals surface area contributed by atoms with Crippen LogP contribution >= 0.6 is 0 Å². The highest BCUT2D eigenvalue weighted by atomic mass is 16.1. The van der Waals surface area contributed by atoms with Crippen LogP contribution in [0.25, 0.3) is 0 Å². The normalized spacial score (nSPS) is 10.3. The van der Waals surface area contributed by atoms with E-state index in [0.29, 0.717) is 11.1 Å². The molecule has 0 saturated carbocycles. The molecule has 0 aliphatic carbocycles. The van der Waals surface area contributed by atoms with Gasteiger partial charge in [-0.1, -0.05) is 6.07 Å². The van der Waals surface area contributed by atoms with Gasteiger partial charge in [0.15, 0.2) is 5.78 Å². The van der Waals surface area contributed by atoms with Crippen LogP contribution in [-0.4, -0.2) is 11.7 Å². The maximum atomic E-state index is 12.4. The minimum atomic E-state index is -0.126. The predicted molar refractivity (Wildman–Crippen MR) is 110 cm³/mol. The summed E-state index contributed by atoms with van der Waals surface area (Å²) in [6, 6.07) is 20.5. The zero-order valence-electron chi connectivity index (χ0n) is 15.7. The van der Waals surface area contributed by atoms with Gasteiger partial charge in [0.2, 0.25) is 0 Å². The first-order chi connectivity index (χ1) is 12.9. The minimum Gasteiger partial charge on any atom is -0.356 e. The summed E-state index contributed by atoms with van der Waals surface area (Å²) < 4.78 is 0. The third kappa shape index (κ3) is 4.61. The fourth-order valence-corrected chi connectivity index (χ4v) is 2.68. The Morgan fingerprint density at radius 2 is 1.19 bits per heavy atom. The van der Waals surface area contributed by atoms with Gasteiger partial charge in [0.05, 0.1) is 0 Å². The molecule has 0 bridgehead atoms. The first-order valence-corrected chi connectivity index (χ1v) is 8.79. The molecule has 4 nitrogen and oxygen atoms in total. The van der Waals surface area contributed by atoms with Crippen molar-refractivity contribution in [3.63, 3.8) is 0 Å². The van der Waals surface area contributed by atoms with E-state index in [4.69, 9.17) is 0 Å². The summed E-state index contributed by atoms with van der Waals surface area (Å²) in [6.45, 7) is 5.57. The Kier molecular flexibility index (Phi) is 5.36. The Morgan fingerprint density at radius 1 is 0.667 bits per heavy atom. The van der Waals surface area contributed by atoms with Crippen LogP contribution in [0, 0.1) is 13.8 Å². The number of carbonyl (C=O) groups is 2. The Bertz CT molecular complexity index is 974. The number of anilines is 3. The molecule has 0 unspecified atom stereocenters. The zero-order valence-corrected chi connectivity index (χ0v) is 15.7. The number of benzene rings is 3. The number of hydrogen-bond acceptors (Lipinski definition) is 3. The van der Waals surface area contributed by atoms with Crippen molar-refractivity contribution < 1.29 is 9.59 Å². The van der Waals surface area contributed by atoms with E-state index in [0.717, 1.165) is 22.6 Å². The average Bonchev–Trinajstić information content (AvgIpc) is 2.66. The Labute approximate surface area is 159 Å². The molecule has 4 heteroatoms. The summed E-state index contributed by atoms with van der Waals surface area (Å²) >= 11 is 0. The second-order valence-electron chi connectivity index (χ2n) is 6.59. The number of amides is 1. The highest BCUT2D eigenvalue weighted by Crippen LogP contribution is 2.20. The fourth-order valence-electron chi connectivity index (χ4n) is 2.68. The highest BCUT2D eigenvalue weighted by molar-refractivity contribution is 6.04. The van der Waals surface area contributed by atoms with Crippen molar-refractivity contribution in [2.75, 3.05) is 10.6 Å². The lowest BCUT2D eigenvalue weighted by atomic mass is 10.1. The van der Waals surface area contributed by atoms with E-state index >= 15 is 0 Å². The van der Waals surface area contributed by atoms with Gasteiger partial charge in [-0.25, -0.2) is 0 Å². The van der Waals surface area contributed by atoms with E-state index in [1.807, 2.05) is 68.4 Å². The van der Waals surface area contributed by atoms with Crippen LogP contribution in [0.4, 0.5) is 17.1 Å². The van der Waals surface area contributed by atoms with Crippen LogP contribution in [0.5, 0.6) is 0 Å². The van der Waals surface area contributed by atoms with Crippen LogP contribution in [0.1, 0.15) is 38.8 Å². The molecular weight excluding hydrogens is 336 g/mol. The molecule has 0 fully saturated rings. The van der Waals surface area contributed by atoms with Crippen LogP contribution in [-0.2, 0) is 0 Å². The van der Waals surface area contributed by atoms with E-state index in [1.165, 1.54) is 5.56 Å². The van der Waals surface area contributed by atoms with Crippen LogP contribution in [0.15, 0.2) is 66.7 Å². The SMILES string of the molecule is CC(=O)c1ccc(Nc2ccc(NC(=O)c3ccc(C)c(C)c3)cc2)cc1. The predicted octanol–water partition coefficient (Wildman–Crippen LogP) is 5.50. The third-order valence-electron chi connectivity index (χ3n) is 4.49. The largest absolute Gasteiger partial charge is 0.356 e. The lowest BCUT2D eigenvalue weighted by Crippen LogP contribution is -2.12. The number of nitrogens with one attached hydrogen (secondary N) is 2. The summed E-state index contributed by atoms with van der Waals surface area (Å²) in [5, 5.41) is 6.18. The van der Waals surface area contributed by atoms with Crippen molar-refractivity contribution in [3.8, 4) is 0 Å². The molecule has 136 valence electrons. The maximum Gasteiger partial charge on any atom is 0.255 e. The third-order valence-corrected chi connectivity index (χ3v) is 4.49. The van der Waals surface area contributed by atoms with E-state index < -0.39 is 0 Å². The number of rotatable bonds is 5. The molecule has 2 N–H and O–H groups in total. The van der Waals surface area contributed by atoms with Gasteiger partial charge in [0, 0.05) is 28.2 Å². The molecule has 3 rings (SSSR count). The van der Waals surface area contributed by atoms with E-state index in [1.54, 1.807) is 19.1 Å². The summed E-state index contributed by atoms with van der Waals surface area (Å²) in [6.07, 6.45) is 0. The van der Waals surface area contributed by atoms with Crippen molar-refractivity contribution in [1.82, 2.24) is 0 Å². The zero-order chi connectivity index (χ0) is 19.4. The van der Waals surface area contributed by atoms with E-state index in [2.05, 4.69) is 10.6 Å². The Balaban J connectivity index is 1.65. The number of carbonyl (C=O) groups excluding carboxylic acids is 2. The van der Waals surface area contributed by atoms with Crippen molar-refractivity contribution in [1.29, 1.82) is 0 Å². The van der Waals surface area contributed by atoms with Gasteiger partial charge in [-0.05, 0) is 92.6 Å². The topological polar surface area (TPSA) is 58.2 Å². The van der Waals surface area contributed by atoms with Crippen LogP contribution in [0.2, 0.25) is 0 Å². The summed E-state index contributed by atoms with van der Waals surface area (Å²) in [5.74, 6) is -0.0796. The summed E-state index contributed by atoms with van der Waals surface area (Å²) in [4.78, 5) is 23.7. The van der Waals surface area contributed by atoms with Crippen LogP contribution in [0.3, 0.4) is 0 Å². The molecule has 1 amide bonds. The van der Waals surface area contributed by atoms with Crippen molar-refractivity contribution in [3.05, 3.63) is 89.0 Å².